The summed E-state index contributed by atoms with van der Waals surface area (Å²) < 4.78 is 2.13. The number of Topliss-reactive ketones (excluding diaryl/α,β-unsaturated/α-hetero) is 1. The summed E-state index contributed by atoms with van der Waals surface area (Å²) in [6.07, 6.45) is 3.79. The molecule has 1 heterocycles. The lowest BCUT2D eigenvalue weighted by Crippen LogP contribution is -2.04. The van der Waals surface area contributed by atoms with Gasteiger partial charge in [-0.05, 0) is 12.5 Å². The zero-order chi connectivity index (χ0) is 12.8. The molecule has 18 heavy (non-hydrogen) atoms. The standard InChI is InChI=1S/C14H16N2OS/c1-12(17)10-18-11-14-15-7-8-16(14)9-13-5-3-2-4-6-13/h2-8H,9-11H2,1H3. The lowest BCUT2D eigenvalue weighted by molar-refractivity contribution is -0.114. The molecule has 0 spiro atoms. The Balaban J connectivity index is 1.97. The van der Waals surface area contributed by atoms with E-state index >= 15 is 0 Å². The molecule has 0 N–H and O–H groups in total. The molecule has 2 aromatic rings. The normalized spacial score (nSPS) is 10.5. The minimum absolute atomic E-state index is 0.209. The van der Waals surface area contributed by atoms with Gasteiger partial charge in [-0.2, -0.15) is 0 Å². The number of ketones is 1. The minimum Gasteiger partial charge on any atom is -0.330 e. The quantitative estimate of drug-likeness (QED) is 0.801. The van der Waals surface area contributed by atoms with Crippen LogP contribution in [0, 0.1) is 0 Å². The Kier molecular flexibility index (Phi) is 4.59. The van der Waals surface area contributed by atoms with Crippen molar-refractivity contribution in [1.82, 2.24) is 9.55 Å². The summed E-state index contributed by atoms with van der Waals surface area (Å²) in [6.45, 7) is 2.44. The number of carbonyl (C=O) groups excluding carboxylic acids is 1. The molecule has 0 fully saturated rings. The molecule has 4 heteroatoms. The number of hydrogen-bond donors (Lipinski definition) is 0. The van der Waals surface area contributed by atoms with Gasteiger partial charge < -0.3 is 4.57 Å². The van der Waals surface area contributed by atoms with Crippen molar-refractivity contribution < 1.29 is 4.79 Å². The predicted molar refractivity (Wildman–Crippen MR) is 74.6 cm³/mol. The van der Waals surface area contributed by atoms with Crippen molar-refractivity contribution >= 4 is 17.5 Å². The first-order valence-corrected chi connectivity index (χ1v) is 7.02. The molecule has 3 nitrogen and oxygen atoms in total. The fourth-order valence-corrected chi connectivity index (χ4v) is 2.50. The smallest absolute Gasteiger partial charge is 0.139 e. The molecule has 1 aromatic carbocycles. The maximum absolute atomic E-state index is 10.9. The van der Waals surface area contributed by atoms with Crippen molar-refractivity contribution in [2.75, 3.05) is 5.75 Å². The maximum Gasteiger partial charge on any atom is 0.139 e. The monoisotopic (exact) mass is 260 g/mol. The molecule has 0 atom stereocenters. The Hall–Kier alpha value is -1.55. The van der Waals surface area contributed by atoms with Gasteiger partial charge in [-0.3, -0.25) is 4.79 Å². The van der Waals surface area contributed by atoms with Crippen LogP contribution in [0.3, 0.4) is 0 Å². The lowest BCUT2D eigenvalue weighted by atomic mass is 10.2. The van der Waals surface area contributed by atoms with Gasteiger partial charge in [0.15, 0.2) is 0 Å². The molecule has 2 rings (SSSR count). The topological polar surface area (TPSA) is 34.9 Å². The van der Waals surface area contributed by atoms with Crippen molar-refractivity contribution in [3.8, 4) is 0 Å². The molecule has 0 amide bonds. The zero-order valence-corrected chi connectivity index (χ0v) is 11.2. The number of rotatable bonds is 6. The number of carbonyl (C=O) groups is 1. The number of benzene rings is 1. The molecular weight excluding hydrogens is 244 g/mol. The lowest BCUT2D eigenvalue weighted by Gasteiger charge is -2.07. The van der Waals surface area contributed by atoms with Crippen molar-refractivity contribution in [3.63, 3.8) is 0 Å². The summed E-state index contributed by atoms with van der Waals surface area (Å²) in [4.78, 5) is 15.2. The highest BCUT2D eigenvalue weighted by Gasteiger charge is 2.04. The highest BCUT2D eigenvalue weighted by Crippen LogP contribution is 2.12. The largest absolute Gasteiger partial charge is 0.330 e. The molecule has 0 aliphatic rings. The zero-order valence-electron chi connectivity index (χ0n) is 10.4. The highest BCUT2D eigenvalue weighted by molar-refractivity contribution is 7.99. The molecule has 94 valence electrons. The van der Waals surface area contributed by atoms with Crippen LogP contribution in [0.5, 0.6) is 0 Å². The van der Waals surface area contributed by atoms with Crippen molar-refractivity contribution in [2.24, 2.45) is 0 Å². The van der Waals surface area contributed by atoms with Crippen LogP contribution in [0.2, 0.25) is 0 Å². The first kappa shape index (κ1) is 12.9. The van der Waals surface area contributed by atoms with E-state index in [-0.39, 0.29) is 5.78 Å². The summed E-state index contributed by atoms with van der Waals surface area (Å²) in [5, 5.41) is 0. The second-order valence-electron chi connectivity index (χ2n) is 4.15. The Morgan fingerprint density at radius 3 is 2.83 bits per heavy atom. The van der Waals surface area contributed by atoms with Gasteiger partial charge in [0.25, 0.3) is 0 Å². The van der Waals surface area contributed by atoms with Crippen LogP contribution in [0.15, 0.2) is 42.7 Å². The third-order valence-corrected chi connectivity index (χ3v) is 3.61. The molecular formula is C14H16N2OS. The number of hydrogen-bond acceptors (Lipinski definition) is 3. The van der Waals surface area contributed by atoms with E-state index in [0.29, 0.717) is 5.75 Å². The van der Waals surface area contributed by atoms with Crippen molar-refractivity contribution in [3.05, 3.63) is 54.1 Å². The Labute approximate surface area is 111 Å². The van der Waals surface area contributed by atoms with Gasteiger partial charge in [0.2, 0.25) is 0 Å². The minimum atomic E-state index is 0.209. The average molecular weight is 260 g/mol. The second-order valence-corrected chi connectivity index (χ2v) is 5.14. The van der Waals surface area contributed by atoms with Crippen LogP contribution < -0.4 is 0 Å². The van der Waals surface area contributed by atoms with Crippen molar-refractivity contribution in [2.45, 2.75) is 19.2 Å². The van der Waals surface area contributed by atoms with Gasteiger partial charge in [-0.1, -0.05) is 30.3 Å². The highest BCUT2D eigenvalue weighted by atomic mass is 32.2. The number of nitrogens with zero attached hydrogens (tertiary/aromatic N) is 2. The fraction of sp³-hybridized carbons (Fsp3) is 0.286. The average Bonchev–Trinajstić information content (AvgIpc) is 2.78. The van der Waals surface area contributed by atoms with Crippen LogP contribution in [0.4, 0.5) is 0 Å². The summed E-state index contributed by atoms with van der Waals surface area (Å²) in [5.41, 5.74) is 1.26. The van der Waals surface area contributed by atoms with Gasteiger partial charge in [0.05, 0.1) is 11.5 Å². The van der Waals surface area contributed by atoms with E-state index in [0.717, 1.165) is 18.1 Å². The molecule has 0 saturated heterocycles. The van der Waals surface area contributed by atoms with Crippen LogP contribution in [0.1, 0.15) is 18.3 Å². The molecule has 0 saturated carbocycles. The number of imidazole rings is 1. The van der Waals surface area contributed by atoms with E-state index in [1.54, 1.807) is 18.7 Å². The summed E-state index contributed by atoms with van der Waals surface area (Å²) in [7, 11) is 0. The Morgan fingerprint density at radius 2 is 2.11 bits per heavy atom. The van der Waals surface area contributed by atoms with Crippen LogP contribution in [-0.2, 0) is 17.1 Å². The Morgan fingerprint density at radius 1 is 1.33 bits per heavy atom. The van der Waals surface area contributed by atoms with Crippen molar-refractivity contribution in [1.29, 1.82) is 0 Å². The van der Waals surface area contributed by atoms with Gasteiger partial charge in [-0.15, -0.1) is 11.8 Å². The molecule has 0 unspecified atom stereocenters. The fourth-order valence-electron chi connectivity index (χ4n) is 1.69. The Bertz CT molecular complexity index is 508. The van der Waals surface area contributed by atoms with E-state index in [2.05, 4.69) is 21.7 Å². The maximum atomic E-state index is 10.9. The third-order valence-electron chi connectivity index (χ3n) is 2.53. The number of thioether (sulfide) groups is 1. The molecule has 0 aliphatic carbocycles. The number of aromatic nitrogens is 2. The van der Waals surface area contributed by atoms with Gasteiger partial charge in [0, 0.05) is 18.9 Å². The van der Waals surface area contributed by atoms with E-state index in [4.69, 9.17) is 0 Å². The van der Waals surface area contributed by atoms with E-state index in [1.807, 2.05) is 30.6 Å². The second kappa shape index (κ2) is 6.40. The molecule has 1 aromatic heterocycles. The third kappa shape index (κ3) is 3.74. The first-order valence-electron chi connectivity index (χ1n) is 5.87. The van der Waals surface area contributed by atoms with Gasteiger partial charge in [-0.25, -0.2) is 4.98 Å². The van der Waals surface area contributed by atoms with Crippen LogP contribution >= 0.6 is 11.8 Å². The summed E-state index contributed by atoms with van der Waals surface area (Å²) >= 11 is 1.61. The van der Waals surface area contributed by atoms with Crippen LogP contribution in [0.25, 0.3) is 0 Å². The van der Waals surface area contributed by atoms with E-state index in [1.165, 1.54) is 5.56 Å². The molecule has 0 aliphatic heterocycles. The van der Waals surface area contributed by atoms with Crippen LogP contribution in [-0.4, -0.2) is 21.1 Å². The molecule has 0 bridgehead atoms. The summed E-state index contributed by atoms with van der Waals surface area (Å²) in [5.74, 6) is 2.56. The predicted octanol–water partition coefficient (Wildman–Crippen LogP) is 2.75. The molecule has 0 radical (unpaired) electrons. The summed E-state index contributed by atoms with van der Waals surface area (Å²) in [6, 6.07) is 10.3. The van der Waals surface area contributed by atoms with Gasteiger partial charge >= 0.3 is 0 Å². The van der Waals surface area contributed by atoms with Gasteiger partial charge in [0.1, 0.15) is 11.6 Å². The van der Waals surface area contributed by atoms with E-state index in [9.17, 15) is 4.79 Å². The SMILES string of the molecule is CC(=O)CSCc1nccn1Cc1ccccc1. The van der Waals surface area contributed by atoms with E-state index < -0.39 is 0 Å². The first-order chi connectivity index (χ1) is 8.75.